The second-order valence-electron chi connectivity index (χ2n) is 6.19. The highest BCUT2D eigenvalue weighted by atomic mass is 16.5. The molecule has 4 heteroatoms. The monoisotopic (exact) mass is 290 g/mol. The molecule has 0 aromatic heterocycles. The van der Waals surface area contributed by atoms with Gasteiger partial charge in [0, 0.05) is 5.56 Å². The second-order valence-corrected chi connectivity index (χ2v) is 6.19. The lowest BCUT2D eigenvalue weighted by Gasteiger charge is -2.27. The summed E-state index contributed by atoms with van der Waals surface area (Å²) >= 11 is 0. The number of carboxylic acids is 1. The van der Waals surface area contributed by atoms with Crippen LogP contribution in [-0.2, 0) is 10.2 Å². The van der Waals surface area contributed by atoms with E-state index >= 15 is 0 Å². The average molecular weight is 290 g/mol. The fourth-order valence-electron chi connectivity index (χ4n) is 3.26. The van der Waals surface area contributed by atoms with E-state index in [0.717, 1.165) is 18.4 Å². The number of benzene rings is 1. The smallest absolute Gasteiger partial charge is 0.314 e. The molecule has 2 saturated carbocycles. The van der Waals surface area contributed by atoms with Gasteiger partial charge in [0.25, 0.3) is 0 Å². The summed E-state index contributed by atoms with van der Waals surface area (Å²) in [5.41, 5.74) is -0.0274. The zero-order chi connectivity index (χ0) is 14.9. The number of aliphatic carboxylic acids is 1. The Hall–Kier alpha value is -1.71. The molecule has 2 fully saturated rings. The second kappa shape index (κ2) is 5.58. The Labute approximate surface area is 125 Å². The minimum absolute atomic E-state index is 0.618. The molecule has 0 aliphatic heterocycles. The SMILES string of the molecule is COc1cccc(C2(C(=O)O)CCCC2)c1OCC1CC1. The van der Waals surface area contributed by atoms with Gasteiger partial charge in [0.2, 0.25) is 0 Å². The van der Waals surface area contributed by atoms with Gasteiger partial charge in [-0.05, 0) is 37.7 Å². The standard InChI is InChI=1S/C17H22O4/c1-20-14-6-4-5-13(15(14)21-11-12-7-8-12)17(16(18)19)9-2-3-10-17/h4-6,12H,2-3,7-11H2,1H3,(H,18,19). The molecule has 2 aliphatic carbocycles. The van der Waals surface area contributed by atoms with Crippen molar-refractivity contribution in [3.8, 4) is 11.5 Å². The van der Waals surface area contributed by atoms with E-state index in [1.807, 2.05) is 18.2 Å². The fraction of sp³-hybridized carbons (Fsp3) is 0.588. The minimum Gasteiger partial charge on any atom is -0.493 e. The van der Waals surface area contributed by atoms with Crippen LogP contribution in [0, 0.1) is 5.92 Å². The van der Waals surface area contributed by atoms with Crippen LogP contribution in [-0.4, -0.2) is 24.8 Å². The number of rotatable bonds is 6. The fourth-order valence-corrected chi connectivity index (χ4v) is 3.26. The summed E-state index contributed by atoms with van der Waals surface area (Å²) in [5.74, 6) is 1.15. The van der Waals surface area contributed by atoms with Crippen molar-refractivity contribution in [2.45, 2.75) is 43.9 Å². The van der Waals surface area contributed by atoms with Gasteiger partial charge < -0.3 is 14.6 Å². The highest BCUT2D eigenvalue weighted by Crippen LogP contribution is 2.48. The van der Waals surface area contributed by atoms with Gasteiger partial charge in [0.1, 0.15) is 0 Å². The number of carbonyl (C=O) groups is 1. The molecule has 114 valence electrons. The van der Waals surface area contributed by atoms with Gasteiger partial charge in [0.15, 0.2) is 11.5 Å². The number of hydrogen-bond acceptors (Lipinski definition) is 3. The third kappa shape index (κ3) is 2.59. The van der Waals surface area contributed by atoms with Crippen molar-refractivity contribution in [2.75, 3.05) is 13.7 Å². The molecule has 4 nitrogen and oxygen atoms in total. The maximum atomic E-state index is 11.9. The number of carboxylic acid groups (broad SMARTS) is 1. The molecule has 0 unspecified atom stereocenters. The van der Waals surface area contributed by atoms with Crippen LogP contribution >= 0.6 is 0 Å². The quantitative estimate of drug-likeness (QED) is 0.872. The van der Waals surface area contributed by atoms with E-state index in [1.165, 1.54) is 12.8 Å². The summed E-state index contributed by atoms with van der Waals surface area (Å²) in [5, 5.41) is 9.80. The summed E-state index contributed by atoms with van der Waals surface area (Å²) in [4.78, 5) is 11.9. The Bertz CT molecular complexity index is 528. The van der Waals surface area contributed by atoms with Gasteiger partial charge in [-0.2, -0.15) is 0 Å². The minimum atomic E-state index is -0.812. The van der Waals surface area contributed by atoms with Crippen molar-refractivity contribution in [3.63, 3.8) is 0 Å². The Morgan fingerprint density at radius 2 is 2.05 bits per heavy atom. The van der Waals surface area contributed by atoms with Crippen LogP contribution in [0.25, 0.3) is 0 Å². The van der Waals surface area contributed by atoms with Crippen molar-refractivity contribution in [2.24, 2.45) is 5.92 Å². The zero-order valence-electron chi connectivity index (χ0n) is 12.4. The number of methoxy groups -OCH3 is 1. The normalized spacial score (nSPS) is 20.2. The highest BCUT2D eigenvalue weighted by molar-refractivity contribution is 5.83. The predicted molar refractivity (Wildman–Crippen MR) is 79.0 cm³/mol. The molecule has 1 aromatic carbocycles. The van der Waals surface area contributed by atoms with Crippen LogP contribution in [0.2, 0.25) is 0 Å². The van der Waals surface area contributed by atoms with Gasteiger partial charge in [-0.3, -0.25) is 4.79 Å². The molecule has 0 amide bonds. The van der Waals surface area contributed by atoms with E-state index in [1.54, 1.807) is 7.11 Å². The summed E-state index contributed by atoms with van der Waals surface area (Å²) < 4.78 is 11.4. The molecule has 1 N–H and O–H groups in total. The topological polar surface area (TPSA) is 55.8 Å². The number of ether oxygens (including phenoxy) is 2. The molecule has 0 bridgehead atoms. The zero-order valence-corrected chi connectivity index (χ0v) is 12.4. The first-order valence-electron chi connectivity index (χ1n) is 7.71. The lowest BCUT2D eigenvalue weighted by Crippen LogP contribution is -2.33. The molecule has 0 saturated heterocycles. The first-order valence-corrected chi connectivity index (χ1v) is 7.71. The molecule has 0 atom stereocenters. The molecule has 0 heterocycles. The van der Waals surface area contributed by atoms with Gasteiger partial charge in [-0.1, -0.05) is 25.0 Å². The van der Waals surface area contributed by atoms with Gasteiger partial charge in [0.05, 0.1) is 19.1 Å². The van der Waals surface area contributed by atoms with Gasteiger partial charge >= 0.3 is 5.97 Å². The van der Waals surface area contributed by atoms with Gasteiger partial charge in [-0.25, -0.2) is 0 Å². The molecule has 0 radical (unpaired) electrons. The molecule has 2 aliphatic rings. The molecule has 0 spiro atoms. The van der Waals surface area contributed by atoms with E-state index in [-0.39, 0.29) is 0 Å². The first kappa shape index (κ1) is 14.2. The molecule has 21 heavy (non-hydrogen) atoms. The highest BCUT2D eigenvalue weighted by Gasteiger charge is 2.45. The lowest BCUT2D eigenvalue weighted by atomic mass is 9.78. The van der Waals surface area contributed by atoms with Crippen LogP contribution in [0.15, 0.2) is 18.2 Å². The first-order chi connectivity index (χ1) is 10.2. The van der Waals surface area contributed by atoms with Crippen molar-refractivity contribution in [3.05, 3.63) is 23.8 Å². The summed E-state index contributed by atoms with van der Waals surface area (Å²) in [6, 6.07) is 5.60. The Morgan fingerprint density at radius 3 is 2.62 bits per heavy atom. The van der Waals surface area contributed by atoms with E-state index in [2.05, 4.69) is 0 Å². The maximum Gasteiger partial charge on any atom is 0.314 e. The summed E-state index contributed by atoms with van der Waals surface area (Å²) in [6.45, 7) is 0.656. The molecule has 1 aromatic rings. The Morgan fingerprint density at radius 1 is 1.33 bits per heavy atom. The largest absolute Gasteiger partial charge is 0.493 e. The van der Waals surface area contributed by atoms with Crippen LogP contribution < -0.4 is 9.47 Å². The Kier molecular flexibility index (Phi) is 3.79. The molecular formula is C17H22O4. The van der Waals surface area contributed by atoms with Crippen molar-refractivity contribution in [1.82, 2.24) is 0 Å². The molecule has 3 rings (SSSR count). The van der Waals surface area contributed by atoms with E-state index < -0.39 is 11.4 Å². The van der Waals surface area contributed by atoms with Crippen molar-refractivity contribution in [1.29, 1.82) is 0 Å². The summed E-state index contributed by atoms with van der Waals surface area (Å²) in [6.07, 6.45) is 5.66. The van der Waals surface area contributed by atoms with Crippen LogP contribution in [0.3, 0.4) is 0 Å². The van der Waals surface area contributed by atoms with E-state index in [9.17, 15) is 9.90 Å². The van der Waals surface area contributed by atoms with E-state index in [4.69, 9.17) is 9.47 Å². The predicted octanol–water partition coefficient (Wildman–Crippen LogP) is 3.38. The van der Waals surface area contributed by atoms with Crippen molar-refractivity contribution >= 4 is 5.97 Å². The lowest BCUT2D eigenvalue weighted by molar-refractivity contribution is -0.143. The molecular weight excluding hydrogens is 268 g/mol. The third-order valence-electron chi connectivity index (χ3n) is 4.74. The van der Waals surface area contributed by atoms with E-state index in [0.29, 0.717) is 36.9 Å². The summed E-state index contributed by atoms with van der Waals surface area (Å²) in [7, 11) is 1.60. The average Bonchev–Trinajstić information content (AvgIpc) is 3.18. The van der Waals surface area contributed by atoms with Crippen LogP contribution in [0.4, 0.5) is 0 Å². The van der Waals surface area contributed by atoms with Crippen LogP contribution in [0.5, 0.6) is 11.5 Å². The van der Waals surface area contributed by atoms with Gasteiger partial charge in [-0.15, -0.1) is 0 Å². The van der Waals surface area contributed by atoms with Crippen molar-refractivity contribution < 1.29 is 19.4 Å². The number of hydrogen-bond donors (Lipinski definition) is 1. The maximum absolute atomic E-state index is 11.9. The van der Waals surface area contributed by atoms with Crippen LogP contribution in [0.1, 0.15) is 44.1 Å². The third-order valence-corrected chi connectivity index (χ3v) is 4.74. The Balaban J connectivity index is 2.00. The number of para-hydroxylation sites is 1.